The fourth-order valence-corrected chi connectivity index (χ4v) is 3.22. The highest BCUT2D eigenvalue weighted by molar-refractivity contribution is 6.33. The van der Waals surface area contributed by atoms with Crippen molar-refractivity contribution in [2.75, 3.05) is 42.9 Å². The van der Waals surface area contributed by atoms with E-state index in [0.717, 1.165) is 53.9 Å². The minimum absolute atomic E-state index is 0.000466. The third-order valence-electron chi connectivity index (χ3n) is 4.28. The topological polar surface area (TPSA) is 36.8 Å². The first-order valence-electron chi connectivity index (χ1n) is 8.11. The van der Waals surface area contributed by atoms with Gasteiger partial charge in [0.1, 0.15) is 11.6 Å². The molecule has 0 radical (unpaired) electrons. The number of amides is 1. The third-order valence-corrected chi connectivity index (χ3v) is 4.60. The lowest BCUT2D eigenvalue weighted by Gasteiger charge is -2.33. The molecule has 0 bridgehead atoms. The molecule has 1 heterocycles. The number of hydrogen-bond acceptors (Lipinski definition) is 2. The zero-order valence-corrected chi connectivity index (χ0v) is 14.3. The molecule has 7 heteroatoms. The minimum atomic E-state index is -0.771. The summed E-state index contributed by atoms with van der Waals surface area (Å²) in [5, 5.41) is 3.22. The molecular formula is C18H19ClF2N3O+. The molecule has 3 rings (SSSR count). The van der Waals surface area contributed by atoms with Crippen molar-refractivity contribution in [3.8, 4) is 0 Å². The number of piperazine rings is 1. The van der Waals surface area contributed by atoms with Crippen molar-refractivity contribution in [3.05, 3.63) is 59.1 Å². The van der Waals surface area contributed by atoms with Gasteiger partial charge in [0.15, 0.2) is 6.54 Å². The van der Waals surface area contributed by atoms with Gasteiger partial charge in [-0.15, -0.1) is 0 Å². The van der Waals surface area contributed by atoms with Crippen molar-refractivity contribution in [2.45, 2.75) is 0 Å². The van der Waals surface area contributed by atoms with E-state index in [2.05, 4.69) is 10.2 Å². The predicted molar refractivity (Wildman–Crippen MR) is 94.2 cm³/mol. The lowest BCUT2D eigenvalue weighted by atomic mass is 10.2. The Kier molecular flexibility index (Phi) is 5.50. The Hall–Kier alpha value is -2.18. The van der Waals surface area contributed by atoms with E-state index in [9.17, 15) is 13.6 Å². The van der Waals surface area contributed by atoms with E-state index in [1.165, 1.54) is 6.07 Å². The Morgan fingerprint density at radius 1 is 1.16 bits per heavy atom. The first-order valence-corrected chi connectivity index (χ1v) is 8.48. The molecule has 0 atom stereocenters. The van der Waals surface area contributed by atoms with E-state index < -0.39 is 11.6 Å². The number of nitrogens with one attached hydrogen (secondary N) is 2. The van der Waals surface area contributed by atoms with Gasteiger partial charge in [-0.25, -0.2) is 8.78 Å². The zero-order valence-electron chi connectivity index (χ0n) is 13.6. The van der Waals surface area contributed by atoms with Crippen LogP contribution in [-0.4, -0.2) is 38.6 Å². The number of rotatable bonds is 4. The average molecular weight is 367 g/mol. The Morgan fingerprint density at radius 2 is 1.88 bits per heavy atom. The number of carbonyl (C=O) groups excluding carboxylic acids is 1. The SMILES string of the molecule is O=C(C[NH+]1CCN(c2ccccc2Cl)CC1)Nc1ccc(F)cc1F. The third kappa shape index (κ3) is 4.46. The van der Waals surface area contributed by atoms with Gasteiger partial charge >= 0.3 is 0 Å². The Bertz CT molecular complexity index is 764. The summed E-state index contributed by atoms with van der Waals surface area (Å²) in [6.45, 7) is 3.39. The zero-order chi connectivity index (χ0) is 17.8. The molecule has 1 aliphatic heterocycles. The monoisotopic (exact) mass is 366 g/mol. The highest BCUT2D eigenvalue weighted by Crippen LogP contribution is 2.24. The maximum absolute atomic E-state index is 13.6. The summed E-state index contributed by atoms with van der Waals surface area (Å²) >= 11 is 6.22. The summed E-state index contributed by atoms with van der Waals surface area (Å²) in [7, 11) is 0. The molecule has 25 heavy (non-hydrogen) atoms. The quantitative estimate of drug-likeness (QED) is 0.868. The standard InChI is InChI=1S/C18H18ClF2N3O/c19-14-3-1-2-4-17(14)24-9-7-23(8-10-24)12-18(25)22-16-6-5-13(20)11-15(16)21/h1-6,11H,7-10,12H2,(H,22,25)/p+1. The molecule has 1 saturated heterocycles. The van der Waals surface area contributed by atoms with Gasteiger partial charge in [-0.3, -0.25) is 4.79 Å². The predicted octanol–water partition coefficient (Wildman–Crippen LogP) is 1.96. The Morgan fingerprint density at radius 3 is 2.56 bits per heavy atom. The normalized spacial score (nSPS) is 15.2. The summed E-state index contributed by atoms with van der Waals surface area (Å²) in [6.07, 6.45) is 0. The van der Waals surface area contributed by atoms with Crippen molar-refractivity contribution < 1.29 is 18.5 Å². The van der Waals surface area contributed by atoms with Crippen LogP contribution in [0.1, 0.15) is 0 Å². The largest absolute Gasteiger partial charge is 0.359 e. The number of benzene rings is 2. The van der Waals surface area contributed by atoms with Crippen LogP contribution in [0.5, 0.6) is 0 Å². The Labute approximate surface area is 150 Å². The first-order chi connectivity index (χ1) is 12.0. The molecule has 2 N–H and O–H groups in total. The summed E-state index contributed by atoms with van der Waals surface area (Å²) in [5.74, 6) is -1.73. The molecule has 0 aromatic heterocycles. The second-order valence-corrected chi connectivity index (χ2v) is 6.44. The highest BCUT2D eigenvalue weighted by Gasteiger charge is 2.23. The summed E-state index contributed by atoms with van der Waals surface area (Å²) in [6, 6.07) is 10.8. The lowest BCUT2D eigenvalue weighted by molar-refractivity contribution is -0.892. The van der Waals surface area contributed by atoms with Crippen molar-refractivity contribution >= 4 is 28.9 Å². The molecule has 1 fully saturated rings. The van der Waals surface area contributed by atoms with Crippen LogP contribution in [0.25, 0.3) is 0 Å². The second kappa shape index (κ2) is 7.80. The summed E-state index contributed by atoms with van der Waals surface area (Å²) in [4.78, 5) is 15.4. The molecule has 132 valence electrons. The molecule has 2 aromatic rings. The van der Waals surface area contributed by atoms with Crippen LogP contribution in [0.4, 0.5) is 20.2 Å². The van der Waals surface area contributed by atoms with Gasteiger partial charge in [0.05, 0.1) is 42.6 Å². The minimum Gasteiger partial charge on any atom is -0.359 e. The highest BCUT2D eigenvalue weighted by atomic mass is 35.5. The molecule has 1 aliphatic rings. The van der Waals surface area contributed by atoms with Gasteiger partial charge in [0.2, 0.25) is 0 Å². The number of quaternary nitrogens is 1. The molecule has 0 aliphatic carbocycles. The molecular weight excluding hydrogens is 348 g/mol. The summed E-state index contributed by atoms with van der Waals surface area (Å²) < 4.78 is 26.5. The van der Waals surface area contributed by atoms with E-state index in [0.29, 0.717) is 0 Å². The number of nitrogens with zero attached hydrogens (tertiary/aromatic N) is 1. The van der Waals surface area contributed by atoms with E-state index >= 15 is 0 Å². The molecule has 1 amide bonds. The summed E-state index contributed by atoms with van der Waals surface area (Å²) in [5.41, 5.74) is 1.00. The molecule has 0 spiro atoms. The fourth-order valence-electron chi connectivity index (χ4n) is 2.96. The maximum Gasteiger partial charge on any atom is 0.279 e. The second-order valence-electron chi connectivity index (χ2n) is 6.04. The number of hydrogen-bond donors (Lipinski definition) is 2. The van der Waals surface area contributed by atoms with Crippen LogP contribution in [0, 0.1) is 11.6 Å². The number of carbonyl (C=O) groups is 1. The van der Waals surface area contributed by atoms with Crippen molar-refractivity contribution in [2.24, 2.45) is 0 Å². The average Bonchev–Trinajstić information content (AvgIpc) is 2.59. The first kappa shape index (κ1) is 17.6. The van der Waals surface area contributed by atoms with Crippen LogP contribution in [0.15, 0.2) is 42.5 Å². The molecule has 4 nitrogen and oxygen atoms in total. The van der Waals surface area contributed by atoms with E-state index in [1.54, 1.807) is 0 Å². The maximum atomic E-state index is 13.6. The molecule has 0 saturated carbocycles. The Balaban J connectivity index is 1.52. The number of anilines is 2. The van der Waals surface area contributed by atoms with E-state index in [1.807, 2.05) is 24.3 Å². The van der Waals surface area contributed by atoms with Crippen LogP contribution >= 0.6 is 11.6 Å². The fraction of sp³-hybridized carbons (Fsp3) is 0.278. The number of para-hydroxylation sites is 1. The number of halogens is 3. The van der Waals surface area contributed by atoms with E-state index in [4.69, 9.17) is 11.6 Å². The van der Waals surface area contributed by atoms with Gasteiger partial charge in [-0.05, 0) is 24.3 Å². The van der Waals surface area contributed by atoms with Crippen molar-refractivity contribution in [1.29, 1.82) is 0 Å². The molecule has 0 unspecified atom stereocenters. The van der Waals surface area contributed by atoms with Crippen molar-refractivity contribution in [1.82, 2.24) is 0 Å². The van der Waals surface area contributed by atoms with Crippen LogP contribution in [0.3, 0.4) is 0 Å². The van der Waals surface area contributed by atoms with Gasteiger partial charge in [0, 0.05) is 6.07 Å². The van der Waals surface area contributed by atoms with Gasteiger partial charge < -0.3 is 15.1 Å². The van der Waals surface area contributed by atoms with Crippen LogP contribution < -0.4 is 15.1 Å². The smallest absolute Gasteiger partial charge is 0.279 e. The van der Waals surface area contributed by atoms with Crippen LogP contribution in [0.2, 0.25) is 5.02 Å². The van der Waals surface area contributed by atoms with Gasteiger partial charge in [-0.1, -0.05) is 23.7 Å². The van der Waals surface area contributed by atoms with E-state index in [-0.39, 0.29) is 18.1 Å². The van der Waals surface area contributed by atoms with Gasteiger partial charge in [-0.2, -0.15) is 0 Å². The molecule has 2 aromatic carbocycles. The van der Waals surface area contributed by atoms with Crippen LogP contribution in [-0.2, 0) is 4.79 Å². The van der Waals surface area contributed by atoms with Crippen molar-refractivity contribution in [3.63, 3.8) is 0 Å². The van der Waals surface area contributed by atoms with Gasteiger partial charge in [0.25, 0.3) is 5.91 Å². The lowest BCUT2D eigenvalue weighted by Crippen LogP contribution is -3.15.